The lowest BCUT2D eigenvalue weighted by atomic mass is 10.3. The first-order chi connectivity index (χ1) is 9.82. The molecule has 118 valence electrons. The number of methoxy groups -OCH3 is 2. The molecule has 0 saturated heterocycles. The van der Waals surface area contributed by atoms with E-state index in [9.17, 15) is 13.2 Å². The lowest BCUT2D eigenvalue weighted by Gasteiger charge is -2.18. The quantitative estimate of drug-likeness (QED) is 0.712. The highest BCUT2D eigenvalue weighted by Crippen LogP contribution is 2.29. The highest BCUT2D eigenvalue weighted by atomic mass is 35.5. The van der Waals surface area contributed by atoms with Crippen LogP contribution in [0.1, 0.15) is 12.8 Å². The van der Waals surface area contributed by atoms with Gasteiger partial charge in [0.05, 0.1) is 14.2 Å². The Labute approximate surface area is 129 Å². The van der Waals surface area contributed by atoms with Crippen molar-refractivity contribution in [3.8, 4) is 5.75 Å². The summed E-state index contributed by atoms with van der Waals surface area (Å²) in [4.78, 5) is 11.1. The minimum absolute atomic E-state index is 0.0370. The van der Waals surface area contributed by atoms with Gasteiger partial charge in [-0.1, -0.05) is 11.6 Å². The van der Waals surface area contributed by atoms with Crippen LogP contribution in [0.3, 0.4) is 0 Å². The van der Waals surface area contributed by atoms with Crippen molar-refractivity contribution in [1.82, 2.24) is 4.31 Å². The van der Waals surface area contributed by atoms with E-state index in [1.807, 2.05) is 0 Å². The fraction of sp³-hybridized carbons (Fsp3) is 0.462. The van der Waals surface area contributed by atoms with Crippen molar-refractivity contribution in [3.63, 3.8) is 0 Å². The fourth-order valence-electron chi connectivity index (χ4n) is 1.69. The SMILES string of the molecule is COC(=O)CCCN(C)S(=O)(=O)c1ccc(Cl)cc1OC. The van der Waals surface area contributed by atoms with Gasteiger partial charge in [-0.2, -0.15) is 0 Å². The molecule has 6 nitrogen and oxygen atoms in total. The maximum Gasteiger partial charge on any atom is 0.305 e. The summed E-state index contributed by atoms with van der Waals surface area (Å²) in [6.07, 6.45) is 0.534. The van der Waals surface area contributed by atoms with Crippen LogP contribution >= 0.6 is 11.6 Å². The summed E-state index contributed by atoms with van der Waals surface area (Å²) < 4.78 is 35.6. The zero-order chi connectivity index (χ0) is 16.0. The Morgan fingerprint density at radius 3 is 2.57 bits per heavy atom. The molecular weight excluding hydrogens is 318 g/mol. The number of benzene rings is 1. The van der Waals surface area contributed by atoms with Crippen LogP contribution in [-0.2, 0) is 19.6 Å². The Morgan fingerprint density at radius 2 is 2.00 bits per heavy atom. The van der Waals surface area contributed by atoms with Crippen molar-refractivity contribution in [3.05, 3.63) is 23.2 Å². The number of sulfonamides is 1. The predicted molar refractivity (Wildman–Crippen MR) is 79.1 cm³/mol. The number of carbonyl (C=O) groups is 1. The number of hydrogen-bond donors (Lipinski definition) is 0. The Bertz CT molecular complexity index is 603. The molecule has 1 rings (SSSR count). The molecule has 0 aromatic heterocycles. The van der Waals surface area contributed by atoms with Gasteiger partial charge in [0.2, 0.25) is 10.0 Å². The number of hydrogen-bond acceptors (Lipinski definition) is 5. The molecule has 8 heteroatoms. The van der Waals surface area contributed by atoms with E-state index < -0.39 is 10.0 Å². The lowest BCUT2D eigenvalue weighted by molar-refractivity contribution is -0.140. The summed E-state index contributed by atoms with van der Waals surface area (Å²) >= 11 is 5.82. The van der Waals surface area contributed by atoms with E-state index in [4.69, 9.17) is 16.3 Å². The molecule has 0 N–H and O–H groups in total. The summed E-state index contributed by atoms with van der Waals surface area (Å²) in [5, 5.41) is 0.388. The van der Waals surface area contributed by atoms with Gasteiger partial charge < -0.3 is 9.47 Å². The highest BCUT2D eigenvalue weighted by molar-refractivity contribution is 7.89. The molecule has 0 saturated carbocycles. The van der Waals surface area contributed by atoms with Gasteiger partial charge in [0.15, 0.2) is 0 Å². The molecular formula is C13H18ClNO5S. The van der Waals surface area contributed by atoms with Gasteiger partial charge in [-0.15, -0.1) is 0 Å². The number of carbonyl (C=O) groups excluding carboxylic acids is 1. The molecule has 0 amide bonds. The molecule has 0 radical (unpaired) electrons. The average Bonchev–Trinajstić information content (AvgIpc) is 2.46. The van der Waals surface area contributed by atoms with E-state index in [-0.39, 0.29) is 29.6 Å². The first-order valence-electron chi connectivity index (χ1n) is 6.19. The van der Waals surface area contributed by atoms with Crippen LogP contribution < -0.4 is 4.74 Å². The first-order valence-corrected chi connectivity index (χ1v) is 8.01. The third-order valence-corrected chi connectivity index (χ3v) is 5.03. The lowest BCUT2D eigenvalue weighted by Crippen LogP contribution is -2.28. The minimum Gasteiger partial charge on any atom is -0.495 e. The molecule has 0 bridgehead atoms. The molecule has 0 aliphatic rings. The monoisotopic (exact) mass is 335 g/mol. The van der Waals surface area contributed by atoms with E-state index in [2.05, 4.69) is 4.74 Å². The molecule has 21 heavy (non-hydrogen) atoms. The number of rotatable bonds is 7. The third kappa shape index (κ3) is 4.59. The zero-order valence-corrected chi connectivity index (χ0v) is 13.7. The highest BCUT2D eigenvalue weighted by Gasteiger charge is 2.24. The fourth-order valence-corrected chi connectivity index (χ4v) is 3.19. The van der Waals surface area contributed by atoms with Gasteiger partial charge in [-0.25, -0.2) is 12.7 Å². The molecule has 0 spiro atoms. The summed E-state index contributed by atoms with van der Waals surface area (Å²) in [6.45, 7) is 0.198. The van der Waals surface area contributed by atoms with Gasteiger partial charge in [0.1, 0.15) is 10.6 Å². The molecule has 1 aromatic carbocycles. The van der Waals surface area contributed by atoms with Crippen molar-refractivity contribution in [1.29, 1.82) is 0 Å². The van der Waals surface area contributed by atoms with Crippen molar-refractivity contribution in [2.24, 2.45) is 0 Å². The molecule has 0 aliphatic heterocycles. The van der Waals surface area contributed by atoms with Crippen LogP contribution in [-0.4, -0.2) is 46.5 Å². The topological polar surface area (TPSA) is 72.9 Å². The van der Waals surface area contributed by atoms with Crippen molar-refractivity contribution < 1.29 is 22.7 Å². The normalized spacial score (nSPS) is 11.5. The predicted octanol–water partition coefficient (Wildman–Crippen LogP) is 1.92. The molecule has 0 fully saturated rings. The van der Waals surface area contributed by atoms with Crippen LogP contribution in [0.25, 0.3) is 0 Å². The van der Waals surface area contributed by atoms with E-state index in [0.29, 0.717) is 11.4 Å². The van der Waals surface area contributed by atoms with Gasteiger partial charge >= 0.3 is 5.97 Å². The molecule has 1 aromatic rings. The Hall–Kier alpha value is -1.31. The van der Waals surface area contributed by atoms with Crippen molar-refractivity contribution in [2.45, 2.75) is 17.7 Å². The van der Waals surface area contributed by atoms with Crippen LogP contribution in [0, 0.1) is 0 Å². The summed E-state index contributed by atoms with van der Waals surface area (Å²) in [6, 6.07) is 4.32. The largest absolute Gasteiger partial charge is 0.495 e. The molecule has 0 aliphatic carbocycles. The summed E-state index contributed by atoms with van der Waals surface area (Å²) in [5.74, 6) is -0.188. The number of esters is 1. The second-order valence-electron chi connectivity index (χ2n) is 4.30. The number of ether oxygens (including phenoxy) is 2. The Kier molecular flexibility index (Phi) is 6.44. The summed E-state index contributed by atoms with van der Waals surface area (Å²) in [5.41, 5.74) is 0. The van der Waals surface area contributed by atoms with Crippen LogP contribution in [0.4, 0.5) is 0 Å². The smallest absolute Gasteiger partial charge is 0.305 e. The maximum atomic E-state index is 12.5. The van der Waals surface area contributed by atoms with Gasteiger partial charge in [0.25, 0.3) is 0 Å². The van der Waals surface area contributed by atoms with Gasteiger partial charge in [0, 0.05) is 31.1 Å². The maximum absolute atomic E-state index is 12.5. The Morgan fingerprint density at radius 1 is 1.33 bits per heavy atom. The van der Waals surface area contributed by atoms with E-state index in [1.165, 1.54) is 43.8 Å². The van der Waals surface area contributed by atoms with E-state index >= 15 is 0 Å². The molecule has 0 atom stereocenters. The average molecular weight is 336 g/mol. The van der Waals surface area contributed by atoms with Crippen LogP contribution in [0.15, 0.2) is 23.1 Å². The van der Waals surface area contributed by atoms with Crippen molar-refractivity contribution in [2.75, 3.05) is 27.8 Å². The number of nitrogens with zero attached hydrogens (tertiary/aromatic N) is 1. The molecule has 0 unspecified atom stereocenters. The second kappa shape index (κ2) is 7.63. The van der Waals surface area contributed by atoms with E-state index in [0.717, 1.165) is 0 Å². The zero-order valence-electron chi connectivity index (χ0n) is 12.1. The van der Waals surface area contributed by atoms with Crippen LogP contribution in [0.5, 0.6) is 5.75 Å². The Balaban J connectivity index is 2.87. The first kappa shape index (κ1) is 17.7. The van der Waals surface area contributed by atoms with E-state index in [1.54, 1.807) is 0 Å². The number of halogens is 1. The molecule has 0 heterocycles. The third-order valence-electron chi connectivity index (χ3n) is 2.90. The summed E-state index contributed by atoms with van der Waals surface area (Å²) in [7, 11) is 0.409. The van der Waals surface area contributed by atoms with Crippen LogP contribution in [0.2, 0.25) is 5.02 Å². The minimum atomic E-state index is -3.71. The van der Waals surface area contributed by atoms with Gasteiger partial charge in [-0.3, -0.25) is 4.79 Å². The standard InChI is InChI=1S/C13H18ClNO5S/c1-15(8-4-5-13(16)20-3)21(17,18)12-7-6-10(14)9-11(12)19-2/h6-7,9H,4-5,8H2,1-3H3. The van der Waals surface area contributed by atoms with Gasteiger partial charge in [-0.05, 0) is 18.6 Å². The van der Waals surface area contributed by atoms with Crippen molar-refractivity contribution >= 4 is 27.6 Å². The second-order valence-corrected chi connectivity index (χ2v) is 6.75.